The molecule has 0 unspecified atom stereocenters. The fourth-order valence-electron chi connectivity index (χ4n) is 0.122. The predicted octanol–water partition coefficient (Wildman–Crippen LogP) is -1.00. The Morgan fingerprint density at radius 1 is 1.33 bits per heavy atom. The summed E-state index contributed by atoms with van der Waals surface area (Å²) in [6, 6.07) is 0. The summed E-state index contributed by atoms with van der Waals surface area (Å²) in [7, 11) is -5.39. The zero-order valence-corrected chi connectivity index (χ0v) is 6.30. The fraction of sp³-hybridized carbons (Fsp3) is 0.500. The van der Waals surface area contributed by atoms with Crippen LogP contribution >= 0.6 is 0 Å². The Bertz CT molecular complexity index is 263. The van der Waals surface area contributed by atoms with Crippen LogP contribution < -0.4 is 11.7 Å². The number of nitrogens with two attached hydrogens (primary N) is 2. The van der Waals surface area contributed by atoms with Crippen molar-refractivity contribution in [3.8, 4) is 0 Å². The van der Waals surface area contributed by atoms with E-state index in [4.69, 9.17) is 5.53 Å². The molecule has 0 fully saturated rings. The minimum atomic E-state index is -5.39. The average Bonchev–Trinajstić information content (AvgIpc) is 1.89. The highest BCUT2D eigenvalue weighted by atomic mass is 32.2. The second-order valence-corrected chi connectivity index (χ2v) is 2.98. The molecule has 6 nitrogen and oxygen atoms in total. The Morgan fingerprint density at radius 3 is 1.75 bits per heavy atom. The average molecular weight is 206 g/mol. The van der Waals surface area contributed by atoms with Crippen molar-refractivity contribution in [1.82, 2.24) is 0 Å². The van der Waals surface area contributed by atoms with E-state index in [1.54, 1.807) is 4.79 Å². The highest BCUT2D eigenvalue weighted by Gasteiger charge is 2.47. The van der Waals surface area contributed by atoms with E-state index in [1.165, 1.54) is 0 Å². The molecule has 0 aliphatic rings. The number of sulfone groups is 1. The van der Waals surface area contributed by atoms with Crippen LogP contribution in [0.25, 0.3) is 5.53 Å². The second kappa shape index (κ2) is 4.83. The monoisotopic (exact) mass is 206 g/mol. The molecule has 0 heterocycles. The van der Waals surface area contributed by atoms with Crippen molar-refractivity contribution < 1.29 is 26.4 Å². The molecular weight excluding hydrogens is 201 g/mol. The first-order chi connectivity index (χ1) is 5.31. The van der Waals surface area contributed by atoms with Gasteiger partial charge in [-0.3, -0.25) is 11.7 Å². The molecule has 0 rings (SSSR count). The molecule has 0 saturated heterocycles. The van der Waals surface area contributed by atoms with Crippen molar-refractivity contribution in [2.45, 2.75) is 5.51 Å². The largest absolute Gasteiger partial charge is 0.508 e. The van der Waals surface area contributed by atoms with Gasteiger partial charge in [-0.25, -0.2) is 8.42 Å². The van der Waals surface area contributed by atoms with Gasteiger partial charge in [0, 0.05) is 0 Å². The third-order valence-corrected chi connectivity index (χ3v) is 1.53. The van der Waals surface area contributed by atoms with E-state index >= 15 is 0 Å². The van der Waals surface area contributed by atoms with Gasteiger partial charge in [-0.15, -0.1) is 0 Å². The van der Waals surface area contributed by atoms with E-state index in [0.29, 0.717) is 0 Å². The van der Waals surface area contributed by atoms with Crippen LogP contribution in [0.5, 0.6) is 0 Å². The summed E-state index contributed by atoms with van der Waals surface area (Å²) in [5.41, 5.74) is 1.49. The van der Waals surface area contributed by atoms with Crippen LogP contribution in [0, 0.1) is 0 Å². The predicted molar refractivity (Wildman–Crippen MR) is 33.0 cm³/mol. The summed E-state index contributed by atoms with van der Waals surface area (Å²) in [5, 5.41) is 0. The van der Waals surface area contributed by atoms with Crippen molar-refractivity contribution in [1.29, 1.82) is 0 Å². The molecule has 0 aliphatic heterocycles. The summed E-state index contributed by atoms with van der Waals surface area (Å²) in [5.74, 6) is 8.00. The standard InChI is InChI=1S/C2HF3N2O2S.H4N2/c3-2(4,5)10(8,9)1-7-6;1-2/h1H;1-2H2. The number of nitrogens with zero attached hydrogens (tertiary/aromatic N) is 2. The minimum Gasteiger partial charge on any atom is -0.361 e. The van der Waals surface area contributed by atoms with Gasteiger partial charge in [0.05, 0.1) is 0 Å². The van der Waals surface area contributed by atoms with E-state index < -0.39 is 20.9 Å². The Hall–Kier alpha value is -0.960. The molecule has 0 aliphatic carbocycles. The topological polar surface area (TPSA) is 123 Å². The molecule has 0 amide bonds. The molecule has 0 saturated carbocycles. The lowest BCUT2D eigenvalue weighted by atomic mass is 11.5. The van der Waals surface area contributed by atoms with Crippen LogP contribution in [0.15, 0.2) is 0 Å². The zero-order chi connectivity index (χ0) is 10.4. The van der Waals surface area contributed by atoms with Crippen LogP contribution in [0.2, 0.25) is 0 Å². The number of rotatable bonds is 1. The third kappa shape index (κ3) is 4.03. The Kier molecular flexibility index (Phi) is 5.48. The highest BCUT2D eigenvalue weighted by Crippen LogP contribution is 2.21. The van der Waals surface area contributed by atoms with E-state index in [-0.39, 0.29) is 0 Å². The van der Waals surface area contributed by atoms with Crippen molar-refractivity contribution in [3.63, 3.8) is 0 Å². The van der Waals surface area contributed by atoms with Gasteiger partial charge in [0.1, 0.15) is 0 Å². The molecule has 4 N–H and O–H groups in total. The summed E-state index contributed by atoms with van der Waals surface area (Å²) in [4.78, 5) is 1.74. The van der Waals surface area contributed by atoms with Gasteiger partial charge in [0.2, 0.25) is 0 Å². The van der Waals surface area contributed by atoms with Crippen LogP contribution in [-0.4, -0.2) is 24.3 Å². The van der Waals surface area contributed by atoms with E-state index in [1.807, 2.05) is 0 Å². The van der Waals surface area contributed by atoms with E-state index in [9.17, 15) is 21.6 Å². The van der Waals surface area contributed by atoms with Crippen LogP contribution in [0.1, 0.15) is 0 Å². The number of halogens is 3. The lowest BCUT2D eigenvalue weighted by molar-refractivity contribution is -0.0442. The van der Waals surface area contributed by atoms with Gasteiger partial charge in [-0.1, -0.05) is 0 Å². The Balaban J connectivity index is 0. The quantitative estimate of drug-likeness (QED) is 0.142. The molecule has 12 heavy (non-hydrogen) atoms. The lowest BCUT2D eigenvalue weighted by Crippen LogP contribution is -2.24. The van der Waals surface area contributed by atoms with Gasteiger partial charge in [-0.05, 0) is 0 Å². The van der Waals surface area contributed by atoms with Gasteiger partial charge in [-0.2, -0.15) is 18.0 Å². The molecule has 72 valence electrons. The van der Waals surface area contributed by atoms with Gasteiger partial charge < -0.3 is 5.53 Å². The lowest BCUT2D eigenvalue weighted by Gasteiger charge is -1.96. The maximum atomic E-state index is 11.2. The zero-order valence-electron chi connectivity index (χ0n) is 5.49. The molecular formula is C2H5F3N4O2S. The molecule has 0 aromatic heterocycles. The maximum Gasteiger partial charge on any atom is 0.508 e. The first kappa shape index (κ1) is 13.6. The molecule has 10 heteroatoms. The molecule has 0 atom stereocenters. The molecule has 0 spiro atoms. The van der Waals surface area contributed by atoms with E-state index in [2.05, 4.69) is 11.7 Å². The maximum absolute atomic E-state index is 11.2. The van der Waals surface area contributed by atoms with Gasteiger partial charge in [0.15, 0.2) is 0 Å². The third-order valence-electron chi connectivity index (χ3n) is 0.509. The summed E-state index contributed by atoms with van der Waals surface area (Å²) in [6.07, 6.45) is 0. The fourth-order valence-corrected chi connectivity index (χ4v) is 0.365. The smallest absolute Gasteiger partial charge is 0.361 e. The van der Waals surface area contributed by atoms with Gasteiger partial charge >= 0.3 is 20.9 Å². The number of alkyl halides is 3. The van der Waals surface area contributed by atoms with Crippen molar-refractivity contribution in [2.75, 3.05) is 0 Å². The summed E-state index contributed by atoms with van der Waals surface area (Å²) in [6.45, 7) is 0. The van der Waals surface area contributed by atoms with Crippen molar-refractivity contribution in [2.24, 2.45) is 11.7 Å². The van der Waals surface area contributed by atoms with Crippen LogP contribution in [-0.2, 0) is 9.84 Å². The van der Waals surface area contributed by atoms with Gasteiger partial charge in [0.25, 0.3) is 0 Å². The van der Waals surface area contributed by atoms with Crippen LogP contribution in [0.4, 0.5) is 13.2 Å². The summed E-state index contributed by atoms with van der Waals surface area (Å²) >= 11 is 0. The molecule has 0 bridgehead atoms. The highest BCUT2D eigenvalue weighted by molar-refractivity contribution is 8.04. The first-order valence-corrected chi connectivity index (χ1v) is 3.68. The van der Waals surface area contributed by atoms with Crippen molar-refractivity contribution >= 4 is 15.4 Å². The normalized spacial score (nSPS) is 10.8. The number of hydrogen-bond acceptors (Lipinski definition) is 4. The summed E-state index contributed by atoms with van der Waals surface area (Å²) < 4.78 is 53.3. The number of hydrazine groups is 1. The van der Waals surface area contributed by atoms with E-state index in [0.717, 1.165) is 0 Å². The molecule has 0 radical (unpaired) electrons. The Labute approximate surface area is 65.5 Å². The second-order valence-electron chi connectivity index (χ2n) is 1.21. The first-order valence-electron chi connectivity index (χ1n) is 2.13. The van der Waals surface area contributed by atoms with Crippen molar-refractivity contribution in [3.05, 3.63) is 5.53 Å². The SMILES string of the molecule is NN.[N-]=[N+]=CS(=O)(=O)C(F)(F)F. The molecule has 0 aromatic rings. The van der Waals surface area contributed by atoms with Crippen LogP contribution in [0.3, 0.4) is 0 Å². The molecule has 0 aromatic carbocycles. The minimum absolute atomic E-state index is 0.576. The number of hydrogen-bond donors (Lipinski definition) is 2. The Morgan fingerprint density at radius 2 is 1.67 bits per heavy atom.